The number of benzene rings is 1. The van der Waals surface area contributed by atoms with Crippen LogP contribution in [0.2, 0.25) is 0 Å². The van der Waals surface area contributed by atoms with Crippen LogP contribution < -0.4 is 0 Å². The summed E-state index contributed by atoms with van der Waals surface area (Å²) in [6.45, 7) is 2.20. The van der Waals surface area contributed by atoms with Crippen LogP contribution in [0.15, 0.2) is 36.4 Å². The number of hydrogen-bond acceptors (Lipinski definition) is 3. The molecule has 0 atom stereocenters. The van der Waals surface area contributed by atoms with Gasteiger partial charge in [-0.15, -0.1) is 11.3 Å². The molecular formula is C14H14O2S. The molecule has 0 fully saturated rings. The maximum absolute atomic E-state index is 11.2. The molecule has 0 saturated heterocycles. The summed E-state index contributed by atoms with van der Waals surface area (Å²) in [6.07, 6.45) is 0. The molecule has 0 radical (unpaired) electrons. The van der Waals surface area contributed by atoms with E-state index in [1.54, 1.807) is 14.0 Å². The Morgan fingerprint density at radius 3 is 2.76 bits per heavy atom. The van der Waals surface area contributed by atoms with Crippen molar-refractivity contribution in [3.63, 3.8) is 0 Å². The third-order valence-electron chi connectivity index (χ3n) is 2.48. The molecule has 1 heterocycles. The molecule has 0 unspecified atom stereocenters. The van der Waals surface area contributed by atoms with Crippen LogP contribution in [0.4, 0.5) is 0 Å². The maximum atomic E-state index is 11.2. The van der Waals surface area contributed by atoms with Gasteiger partial charge in [0, 0.05) is 12.0 Å². The Morgan fingerprint density at radius 2 is 2.12 bits per heavy atom. The molecule has 1 aromatic carbocycles. The monoisotopic (exact) mass is 246 g/mol. The van der Waals surface area contributed by atoms with Crippen LogP contribution >= 0.6 is 11.3 Å². The van der Waals surface area contributed by atoms with E-state index in [1.807, 2.05) is 24.3 Å². The lowest BCUT2D eigenvalue weighted by Crippen LogP contribution is -1.87. The second-order valence-corrected chi connectivity index (χ2v) is 4.94. The molecule has 17 heavy (non-hydrogen) atoms. The Labute approximate surface area is 105 Å². The van der Waals surface area contributed by atoms with Gasteiger partial charge in [-0.05, 0) is 36.2 Å². The zero-order valence-electron chi connectivity index (χ0n) is 9.90. The van der Waals surface area contributed by atoms with E-state index in [9.17, 15) is 4.79 Å². The Balaban J connectivity index is 2.31. The summed E-state index contributed by atoms with van der Waals surface area (Å²) >= 11 is 1.53. The minimum absolute atomic E-state index is 0.120. The van der Waals surface area contributed by atoms with Gasteiger partial charge in [0.05, 0.1) is 11.5 Å². The molecule has 88 valence electrons. The summed E-state index contributed by atoms with van der Waals surface area (Å²) < 4.78 is 5.11. The van der Waals surface area contributed by atoms with E-state index >= 15 is 0 Å². The number of rotatable bonds is 4. The van der Waals surface area contributed by atoms with E-state index in [4.69, 9.17) is 4.74 Å². The highest BCUT2D eigenvalue weighted by atomic mass is 32.1. The number of hydrogen-bond donors (Lipinski definition) is 0. The Bertz CT molecular complexity index is 529. The number of ether oxygens (including phenoxy) is 1. The van der Waals surface area contributed by atoms with Gasteiger partial charge in [-0.25, -0.2) is 0 Å². The summed E-state index contributed by atoms with van der Waals surface area (Å²) in [5.74, 6) is 0.120. The van der Waals surface area contributed by atoms with E-state index in [-0.39, 0.29) is 5.78 Å². The highest BCUT2D eigenvalue weighted by Crippen LogP contribution is 2.29. The van der Waals surface area contributed by atoms with Crippen molar-refractivity contribution in [2.45, 2.75) is 13.5 Å². The van der Waals surface area contributed by atoms with Crippen molar-refractivity contribution in [2.75, 3.05) is 7.11 Å². The van der Waals surface area contributed by atoms with Gasteiger partial charge in [0.25, 0.3) is 0 Å². The van der Waals surface area contributed by atoms with E-state index < -0.39 is 0 Å². The van der Waals surface area contributed by atoms with Crippen molar-refractivity contribution in [2.24, 2.45) is 0 Å². The first-order chi connectivity index (χ1) is 8.20. The van der Waals surface area contributed by atoms with Gasteiger partial charge < -0.3 is 4.74 Å². The van der Waals surface area contributed by atoms with Crippen molar-refractivity contribution in [1.29, 1.82) is 0 Å². The summed E-state index contributed by atoms with van der Waals surface area (Å²) in [4.78, 5) is 13.2. The number of Topliss-reactive ketones (excluding diaryl/α,β-unsaturated/α-hetero) is 1. The third-order valence-corrected chi connectivity index (χ3v) is 3.71. The molecule has 0 spiro atoms. The van der Waals surface area contributed by atoms with Gasteiger partial charge in [0.1, 0.15) is 0 Å². The van der Waals surface area contributed by atoms with Gasteiger partial charge in [-0.3, -0.25) is 4.79 Å². The van der Waals surface area contributed by atoms with Gasteiger partial charge in [0.2, 0.25) is 0 Å². The van der Waals surface area contributed by atoms with Gasteiger partial charge in [0.15, 0.2) is 5.78 Å². The molecule has 0 aliphatic rings. The van der Waals surface area contributed by atoms with Gasteiger partial charge >= 0.3 is 0 Å². The van der Waals surface area contributed by atoms with Crippen molar-refractivity contribution >= 4 is 17.1 Å². The molecule has 3 heteroatoms. The highest BCUT2D eigenvalue weighted by Gasteiger charge is 2.06. The molecule has 0 N–H and O–H groups in total. The van der Waals surface area contributed by atoms with Gasteiger partial charge in [-0.1, -0.05) is 18.2 Å². The second-order valence-electron chi connectivity index (χ2n) is 3.85. The minimum Gasteiger partial charge on any atom is -0.380 e. The number of methoxy groups -OCH3 is 1. The van der Waals surface area contributed by atoms with Crippen LogP contribution in [-0.2, 0) is 11.3 Å². The van der Waals surface area contributed by atoms with Crippen molar-refractivity contribution in [1.82, 2.24) is 0 Å². The first kappa shape index (κ1) is 12.0. The summed E-state index contributed by atoms with van der Waals surface area (Å²) in [6, 6.07) is 12.1. The number of ketones is 1. The Hall–Kier alpha value is -1.45. The van der Waals surface area contributed by atoms with Crippen LogP contribution in [0.5, 0.6) is 0 Å². The lowest BCUT2D eigenvalue weighted by Gasteiger charge is -2.02. The molecule has 2 nitrogen and oxygen atoms in total. The maximum Gasteiger partial charge on any atom is 0.169 e. The smallest absolute Gasteiger partial charge is 0.169 e. The Kier molecular flexibility index (Phi) is 3.71. The fourth-order valence-corrected chi connectivity index (χ4v) is 2.56. The molecule has 0 bridgehead atoms. The molecule has 0 aliphatic heterocycles. The fraction of sp³-hybridized carbons (Fsp3) is 0.214. The lowest BCUT2D eigenvalue weighted by atomic mass is 10.1. The summed E-state index contributed by atoms with van der Waals surface area (Å²) in [5.41, 5.74) is 2.28. The largest absolute Gasteiger partial charge is 0.380 e. The van der Waals surface area contributed by atoms with Crippen LogP contribution in [-0.4, -0.2) is 12.9 Å². The molecule has 0 aliphatic carbocycles. The van der Waals surface area contributed by atoms with Gasteiger partial charge in [-0.2, -0.15) is 0 Å². The average Bonchev–Trinajstić information content (AvgIpc) is 2.79. The number of carbonyl (C=O) groups is 1. The van der Waals surface area contributed by atoms with Crippen LogP contribution in [0.25, 0.3) is 10.4 Å². The van der Waals surface area contributed by atoms with E-state index in [1.165, 1.54) is 11.3 Å². The fourth-order valence-electron chi connectivity index (χ4n) is 1.66. The highest BCUT2D eigenvalue weighted by molar-refractivity contribution is 7.17. The minimum atomic E-state index is 0.120. The van der Waals surface area contributed by atoms with E-state index in [0.717, 1.165) is 20.9 Å². The zero-order chi connectivity index (χ0) is 12.3. The number of carbonyl (C=O) groups excluding carboxylic acids is 1. The van der Waals surface area contributed by atoms with Crippen molar-refractivity contribution in [3.8, 4) is 10.4 Å². The third kappa shape index (κ3) is 2.81. The lowest BCUT2D eigenvalue weighted by molar-refractivity contribution is 0.102. The van der Waals surface area contributed by atoms with Crippen LogP contribution in [0.3, 0.4) is 0 Å². The molecular weight excluding hydrogens is 232 g/mol. The zero-order valence-corrected chi connectivity index (χ0v) is 10.7. The molecule has 2 rings (SSSR count). The topological polar surface area (TPSA) is 26.3 Å². The molecule has 0 saturated carbocycles. The normalized spacial score (nSPS) is 10.5. The standard InChI is InChI=1S/C14H14O2S/c1-10(15)13-6-7-14(17-13)12-5-3-4-11(8-12)9-16-2/h3-8H,9H2,1-2H3. The van der Waals surface area contributed by atoms with Crippen LogP contribution in [0.1, 0.15) is 22.2 Å². The van der Waals surface area contributed by atoms with Crippen molar-refractivity contribution < 1.29 is 9.53 Å². The van der Waals surface area contributed by atoms with E-state index in [2.05, 4.69) is 12.1 Å². The predicted octanol–water partition coefficient (Wildman–Crippen LogP) is 3.76. The van der Waals surface area contributed by atoms with E-state index in [0.29, 0.717) is 6.61 Å². The molecule has 2 aromatic rings. The quantitative estimate of drug-likeness (QED) is 0.768. The van der Waals surface area contributed by atoms with Crippen molar-refractivity contribution in [3.05, 3.63) is 46.8 Å². The first-order valence-electron chi connectivity index (χ1n) is 5.39. The summed E-state index contributed by atoms with van der Waals surface area (Å²) in [7, 11) is 1.69. The molecule has 0 amide bonds. The second kappa shape index (κ2) is 5.25. The van der Waals surface area contributed by atoms with Crippen LogP contribution in [0, 0.1) is 0 Å². The SMILES string of the molecule is COCc1cccc(-c2ccc(C(C)=O)s2)c1. The summed E-state index contributed by atoms with van der Waals surface area (Å²) in [5, 5.41) is 0. The number of thiophene rings is 1. The predicted molar refractivity (Wildman–Crippen MR) is 70.5 cm³/mol. The average molecular weight is 246 g/mol. The Morgan fingerprint density at radius 1 is 1.29 bits per heavy atom. The first-order valence-corrected chi connectivity index (χ1v) is 6.21. The molecule has 1 aromatic heterocycles.